The Balaban J connectivity index is 2.46. The van der Waals surface area contributed by atoms with E-state index in [0.717, 1.165) is 5.56 Å². The van der Waals surface area contributed by atoms with Crippen LogP contribution >= 0.6 is 35.8 Å². The Labute approximate surface area is 111 Å². The minimum Gasteiger partial charge on any atom is -0.355 e. The predicted molar refractivity (Wildman–Crippen MR) is 71.6 cm³/mol. The summed E-state index contributed by atoms with van der Waals surface area (Å²) < 4.78 is 0. The monoisotopic (exact) mass is 277 g/mol. The molecule has 0 saturated carbocycles. The largest absolute Gasteiger partial charge is 0.355 e. The Morgan fingerprint density at radius 2 is 2.19 bits per heavy atom. The standard InChI is InChI=1S/C11H13Cl2NOS/c1-7(16)11(15)14-5-4-8-2-3-9(12)6-10(8)13/h2-3,6-7,16H,4-5H2,1H3,(H,14,15). The first kappa shape index (κ1) is 13.7. The second-order valence-electron chi connectivity index (χ2n) is 3.45. The number of hydrogen-bond donors (Lipinski definition) is 2. The van der Waals surface area contributed by atoms with E-state index in [-0.39, 0.29) is 11.2 Å². The normalized spacial score (nSPS) is 12.2. The first-order valence-electron chi connectivity index (χ1n) is 4.90. The van der Waals surface area contributed by atoms with Crippen molar-refractivity contribution in [2.24, 2.45) is 0 Å². The highest BCUT2D eigenvalue weighted by atomic mass is 35.5. The molecule has 0 bridgehead atoms. The van der Waals surface area contributed by atoms with Crippen molar-refractivity contribution >= 4 is 41.7 Å². The van der Waals surface area contributed by atoms with Crippen LogP contribution < -0.4 is 5.32 Å². The quantitative estimate of drug-likeness (QED) is 0.815. The molecule has 1 N–H and O–H groups in total. The van der Waals surface area contributed by atoms with Crippen molar-refractivity contribution in [1.82, 2.24) is 5.32 Å². The molecule has 0 aliphatic heterocycles. The van der Waals surface area contributed by atoms with Crippen molar-refractivity contribution in [3.63, 3.8) is 0 Å². The highest BCUT2D eigenvalue weighted by Gasteiger charge is 2.07. The molecular weight excluding hydrogens is 265 g/mol. The van der Waals surface area contributed by atoms with E-state index in [0.29, 0.717) is 23.0 Å². The van der Waals surface area contributed by atoms with Crippen molar-refractivity contribution in [2.45, 2.75) is 18.6 Å². The van der Waals surface area contributed by atoms with E-state index in [2.05, 4.69) is 17.9 Å². The van der Waals surface area contributed by atoms with E-state index in [1.165, 1.54) is 0 Å². The molecule has 0 spiro atoms. The van der Waals surface area contributed by atoms with Gasteiger partial charge in [0.25, 0.3) is 0 Å². The first-order valence-corrected chi connectivity index (χ1v) is 6.17. The van der Waals surface area contributed by atoms with Gasteiger partial charge < -0.3 is 5.32 Å². The van der Waals surface area contributed by atoms with Crippen LogP contribution in [0.15, 0.2) is 18.2 Å². The van der Waals surface area contributed by atoms with Gasteiger partial charge >= 0.3 is 0 Å². The van der Waals surface area contributed by atoms with Crippen molar-refractivity contribution in [3.8, 4) is 0 Å². The molecule has 88 valence electrons. The van der Waals surface area contributed by atoms with Crippen molar-refractivity contribution in [1.29, 1.82) is 0 Å². The van der Waals surface area contributed by atoms with E-state index in [1.807, 2.05) is 6.07 Å². The molecule has 1 aromatic carbocycles. The number of benzene rings is 1. The summed E-state index contributed by atoms with van der Waals surface area (Å²) in [6.07, 6.45) is 0.683. The van der Waals surface area contributed by atoms with Crippen molar-refractivity contribution < 1.29 is 4.79 Å². The number of rotatable bonds is 4. The fraction of sp³-hybridized carbons (Fsp3) is 0.364. The van der Waals surface area contributed by atoms with Crippen LogP contribution in [0, 0.1) is 0 Å². The van der Waals surface area contributed by atoms with Crippen LogP contribution in [0.2, 0.25) is 10.0 Å². The third-order valence-corrected chi connectivity index (χ3v) is 2.91. The van der Waals surface area contributed by atoms with Gasteiger partial charge in [0.1, 0.15) is 0 Å². The summed E-state index contributed by atoms with van der Waals surface area (Å²) in [5, 5.41) is 3.71. The zero-order chi connectivity index (χ0) is 12.1. The maximum Gasteiger partial charge on any atom is 0.232 e. The molecule has 5 heteroatoms. The highest BCUT2D eigenvalue weighted by molar-refractivity contribution is 7.81. The molecule has 0 heterocycles. The van der Waals surface area contributed by atoms with Crippen LogP contribution in [-0.4, -0.2) is 17.7 Å². The molecular formula is C11H13Cl2NOS. The molecule has 1 rings (SSSR count). The smallest absolute Gasteiger partial charge is 0.232 e. The average Bonchev–Trinajstić information content (AvgIpc) is 2.20. The van der Waals surface area contributed by atoms with Gasteiger partial charge in [0.05, 0.1) is 5.25 Å². The van der Waals surface area contributed by atoms with Crippen LogP contribution in [0.1, 0.15) is 12.5 Å². The summed E-state index contributed by atoms with van der Waals surface area (Å²) >= 11 is 15.8. The fourth-order valence-electron chi connectivity index (χ4n) is 1.19. The van der Waals surface area contributed by atoms with Crippen LogP contribution in [0.3, 0.4) is 0 Å². The Morgan fingerprint density at radius 3 is 2.75 bits per heavy atom. The van der Waals surface area contributed by atoms with Gasteiger partial charge in [0, 0.05) is 16.6 Å². The Morgan fingerprint density at radius 1 is 1.50 bits per heavy atom. The highest BCUT2D eigenvalue weighted by Crippen LogP contribution is 2.20. The molecule has 0 fully saturated rings. The van der Waals surface area contributed by atoms with E-state index in [4.69, 9.17) is 23.2 Å². The number of amides is 1. The molecule has 1 amide bonds. The number of thiol groups is 1. The fourth-order valence-corrected chi connectivity index (χ4v) is 1.79. The molecule has 0 aliphatic carbocycles. The zero-order valence-electron chi connectivity index (χ0n) is 8.84. The molecule has 1 atom stereocenters. The number of halogens is 2. The van der Waals surface area contributed by atoms with Gasteiger partial charge in [-0.2, -0.15) is 12.6 Å². The van der Waals surface area contributed by atoms with Gasteiger partial charge in [-0.15, -0.1) is 0 Å². The van der Waals surface area contributed by atoms with Crippen LogP contribution in [0.5, 0.6) is 0 Å². The van der Waals surface area contributed by atoms with E-state index in [9.17, 15) is 4.79 Å². The van der Waals surface area contributed by atoms with Gasteiger partial charge in [-0.3, -0.25) is 4.79 Å². The lowest BCUT2D eigenvalue weighted by Crippen LogP contribution is -2.31. The Kier molecular flexibility index (Phi) is 5.46. The van der Waals surface area contributed by atoms with Gasteiger partial charge in [-0.05, 0) is 31.0 Å². The first-order chi connectivity index (χ1) is 7.50. The summed E-state index contributed by atoms with van der Waals surface area (Å²) in [7, 11) is 0. The SMILES string of the molecule is CC(S)C(=O)NCCc1ccc(Cl)cc1Cl. The van der Waals surface area contributed by atoms with Gasteiger partial charge in [-0.25, -0.2) is 0 Å². The molecule has 0 radical (unpaired) electrons. The molecule has 0 aromatic heterocycles. The molecule has 0 saturated heterocycles. The maximum atomic E-state index is 11.2. The number of carbonyl (C=O) groups is 1. The van der Waals surface area contributed by atoms with Gasteiger partial charge in [0.2, 0.25) is 5.91 Å². The third-order valence-electron chi connectivity index (χ3n) is 2.09. The molecule has 1 unspecified atom stereocenters. The number of carbonyl (C=O) groups excluding carboxylic acids is 1. The Bertz CT molecular complexity index is 382. The van der Waals surface area contributed by atoms with E-state index < -0.39 is 0 Å². The zero-order valence-corrected chi connectivity index (χ0v) is 11.2. The van der Waals surface area contributed by atoms with Crippen LogP contribution in [-0.2, 0) is 11.2 Å². The summed E-state index contributed by atoms with van der Waals surface area (Å²) in [5.74, 6) is -0.0755. The Hall–Kier alpha value is -0.380. The lowest BCUT2D eigenvalue weighted by atomic mass is 10.1. The average molecular weight is 278 g/mol. The lowest BCUT2D eigenvalue weighted by molar-refractivity contribution is -0.120. The second-order valence-corrected chi connectivity index (χ2v) is 5.07. The minimum atomic E-state index is -0.291. The summed E-state index contributed by atoms with van der Waals surface area (Å²) in [5.41, 5.74) is 0.971. The summed E-state index contributed by atoms with van der Waals surface area (Å²) in [6.45, 7) is 2.28. The van der Waals surface area contributed by atoms with E-state index in [1.54, 1.807) is 19.1 Å². The van der Waals surface area contributed by atoms with Crippen LogP contribution in [0.4, 0.5) is 0 Å². The molecule has 16 heavy (non-hydrogen) atoms. The summed E-state index contributed by atoms with van der Waals surface area (Å²) in [6, 6.07) is 5.34. The summed E-state index contributed by atoms with van der Waals surface area (Å²) in [4.78, 5) is 11.2. The number of nitrogens with one attached hydrogen (secondary N) is 1. The number of hydrogen-bond acceptors (Lipinski definition) is 2. The van der Waals surface area contributed by atoms with Crippen LogP contribution in [0.25, 0.3) is 0 Å². The maximum absolute atomic E-state index is 11.2. The topological polar surface area (TPSA) is 29.1 Å². The second kappa shape index (κ2) is 6.38. The third kappa shape index (κ3) is 4.24. The van der Waals surface area contributed by atoms with Gasteiger partial charge in [0.15, 0.2) is 0 Å². The predicted octanol–water partition coefficient (Wildman–Crippen LogP) is 2.97. The molecule has 2 nitrogen and oxygen atoms in total. The van der Waals surface area contributed by atoms with Crippen molar-refractivity contribution in [3.05, 3.63) is 33.8 Å². The molecule has 1 aromatic rings. The van der Waals surface area contributed by atoms with E-state index >= 15 is 0 Å². The van der Waals surface area contributed by atoms with Gasteiger partial charge in [-0.1, -0.05) is 29.3 Å². The van der Waals surface area contributed by atoms with Crippen molar-refractivity contribution in [2.75, 3.05) is 6.54 Å². The molecule has 0 aliphatic rings. The lowest BCUT2D eigenvalue weighted by Gasteiger charge is -2.08. The minimum absolute atomic E-state index is 0.0755.